The molecule has 0 saturated carbocycles. The Kier molecular flexibility index (Phi) is 5.39. The second kappa shape index (κ2) is 7.97. The number of carbonyl (C=O) groups is 2. The fourth-order valence-electron chi connectivity index (χ4n) is 4.39. The topological polar surface area (TPSA) is 65.1 Å². The number of nitrogens with zero attached hydrogens (tertiary/aromatic N) is 1. The van der Waals surface area contributed by atoms with Crippen molar-refractivity contribution >= 4 is 11.9 Å². The standard InChI is InChI=1S/C23H25NO5/c1-14-22(20(25)12-21(27-3)29-14)24(2)23(26)28-13-19-17-10-6-4-8-15(17)16-9-5-7-11-18(16)19/h4-11,14,19,21-22H,12-13H2,1-3H3/t14-,21+,22-/m1/s1. The van der Waals surface area contributed by atoms with Gasteiger partial charge in [-0.2, -0.15) is 0 Å². The van der Waals surface area contributed by atoms with Gasteiger partial charge in [0.25, 0.3) is 0 Å². The minimum Gasteiger partial charge on any atom is -0.448 e. The molecule has 1 fully saturated rings. The summed E-state index contributed by atoms with van der Waals surface area (Å²) >= 11 is 0. The van der Waals surface area contributed by atoms with Crippen molar-refractivity contribution in [2.75, 3.05) is 20.8 Å². The second-order valence-electron chi connectivity index (χ2n) is 7.54. The van der Waals surface area contributed by atoms with Crippen LogP contribution in [0.3, 0.4) is 0 Å². The molecular formula is C23H25NO5. The Morgan fingerprint density at radius 2 is 1.69 bits per heavy atom. The van der Waals surface area contributed by atoms with Crippen molar-refractivity contribution in [1.29, 1.82) is 0 Å². The summed E-state index contributed by atoms with van der Waals surface area (Å²) in [6.07, 6.45) is -1.44. The van der Waals surface area contributed by atoms with Crippen molar-refractivity contribution in [3.8, 4) is 11.1 Å². The van der Waals surface area contributed by atoms with Gasteiger partial charge in [-0.05, 0) is 29.2 Å². The number of carbonyl (C=O) groups excluding carboxylic acids is 2. The van der Waals surface area contributed by atoms with E-state index in [4.69, 9.17) is 14.2 Å². The van der Waals surface area contributed by atoms with Crippen molar-refractivity contribution in [3.63, 3.8) is 0 Å². The van der Waals surface area contributed by atoms with Crippen LogP contribution in [0.2, 0.25) is 0 Å². The summed E-state index contributed by atoms with van der Waals surface area (Å²) in [7, 11) is 3.08. The van der Waals surface area contributed by atoms with Crippen LogP contribution in [0.15, 0.2) is 48.5 Å². The number of benzene rings is 2. The minimum absolute atomic E-state index is 0.0200. The molecule has 3 atom stereocenters. The zero-order valence-corrected chi connectivity index (χ0v) is 16.8. The summed E-state index contributed by atoms with van der Waals surface area (Å²) in [4.78, 5) is 26.6. The minimum atomic E-state index is -0.683. The van der Waals surface area contributed by atoms with Crippen LogP contribution >= 0.6 is 0 Å². The first-order valence-corrected chi connectivity index (χ1v) is 9.80. The van der Waals surface area contributed by atoms with Crippen LogP contribution in [0.1, 0.15) is 30.4 Å². The Balaban J connectivity index is 1.47. The lowest BCUT2D eigenvalue weighted by atomic mass is 9.98. The summed E-state index contributed by atoms with van der Waals surface area (Å²) < 4.78 is 16.4. The number of rotatable bonds is 4. The molecule has 0 aromatic heterocycles. The molecule has 152 valence electrons. The summed E-state index contributed by atoms with van der Waals surface area (Å²) in [5.41, 5.74) is 4.65. The fourth-order valence-corrected chi connectivity index (χ4v) is 4.39. The molecular weight excluding hydrogens is 370 g/mol. The zero-order chi connectivity index (χ0) is 20.5. The van der Waals surface area contributed by atoms with Gasteiger partial charge in [-0.3, -0.25) is 9.69 Å². The zero-order valence-electron chi connectivity index (χ0n) is 16.8. The largest absolute Gasteiger partial charge is 0.448 e. The molecule has 2 aromatic rings. The molecule has 6 nitrogen and oxygen atoms in total. The van der Waals surface area contributed by atoms with Crippen LogP contribution in [0.5, 0.6) is 0 Å². The molecule has 1 saturated heterocycles. The summed E-state index contributed by atoms with van der Waals surface area (Å²) in [5, 5.41) is 0. The van der Waals surface area contributed by atoms with E-state index >= 15 is 0 Å². The van der Waals surface area contributed by atoms with Gasteiger partial charge in [-0.15, -0.1) is 0 Å². The molecule has 2 aromatic carbocycles. The Morgan fingerprint density at radius 3 is 2.24 bits per heavy atom. The lowest BCUT2D eigenvalue weighted by Gasteiger charge is -2.37. The van der Waals surface area contributed by atoms with Crippen LogP contribution in [-0.2, 0) is 19.0 Å². The van der Waals surface area contributed by atoms with Crippen LogP contribution in [0.4, 0.5) is 4.79 Å². The van der Waals surface area contributed by atoms with E-state index in [0.29, 0.717) is 0 Å². The maximum Gasteiger partial charge on any atom is 0.410 e. The van der Waals surface area contributed by atoms with E-state index < -0.39 is 24.5 Å². The van der Waals surface area contributed by atoms with Gasteiger partial charge in [0, 0.05) is 20.1 Å². The summed E-state index contributed by atoms with van der Waals surface area (Å²) in [5.74, 6) is -0.111. The molecule has 1 heterocycles. The molecule has 4 rings (SSSR count). The summed E-state index contributed by atoms with van der Waals surface area (Å²) in [6, 6.07) is 15.7. The number of ketones is 1. The van der Waals surface area contributed by atoms with Gasteiger partial charge in [0.1, 0.15) is 12.6 Å². The van der Waals surface area contributed by atoms with E-state index in [1.807, 2.05) is 24.3 Å². The molecule has 0 N–H and O–H groups in total. The number of hydrogen-bond donors (Lipinski definition) is 0. The van der Waals surface area contributed by atoms with Gasteiger partial charge in [0.15, 0.2) is 12.1 Å². The average molecular weight is 395 g/mol. The monoisotopic (exact) mass is 395 g/mol. The molecule has 0 bridgehead atoms. The van der Waals surface area contributed by atoms with Gasteiger partial charge in [0.05, 0.1) is 12.5 Å². The molecule has 1 aliphatic carbocycles. The quantitative estimate of drug-likeness (QED) is 0.792. The van der Waals surface area contributed by atoms with Gasteiger partial charge >= 0.3 is 6.09 Å². The van der Waals surface area contributed by atoms with Crippen molar-refractivity contribution in [2.45, 2.75) is 37.7 Å². The maximum atomic E-state index is 12.7. The van der Waals surface area contributed by atoms with Crippen LogP contribution in [0, 0.1) is 0 Å². The van der Waals surface area contributed by atoms with Crippen LogP contribution in [-0.4, -0.2) is 56.0 Å². The summed E-state index contributed by atoms with van der Waals surface area (Å²) in [6.45, 7) is 1.98. The number of methoxy groups -OCH3 is 1. The smallest absolute Gasteiger partial charge is 0.410 e. The third-order valence-electron chi connectivity index (χ3n) is 5.81. The highest BCUT2D eigenvalue weighted by Gasteiger charge is 2.40. The number of hydrogen-bond acceptors (Lipinski definition) is 5. The first kappa shape index (κ1) is 19.6. The molecule has 2 aliphatic rings. The first-order valence-electron chi connectivity index (χ1n) is 9.80. The van der Waals surface area contributed by atoms with E-state index in [0.717, 1.165) is 11.1 Å². The van der Waals surface area contributed by atoms with E-state index in [9.17, 15) is 9.59 Å². The van der Waals surface area contributed by atoms with Gasteiger partial charge < -0.3 is 14.2 Å². The number of likely N-dealkylation sites (N-methyl/N-ethyl adjacent to an activating group) is 1. The number of ether oxygens (including phenoxy) is 3. The molecule has 1 aliphatic heterocycles. The van der Waals surface area contributed by atoms with Gasteiger partial charge in [-0.1, -0.05) is 48.5 Å². The Bertz CT molecular complexity index is 881. The first-order chi connectivity index (χ1) is 14.0. The highest BCUT2D eigenvalue weighted by atomic mass is 16.7. The molecule has 1 amide bonds. The van der Waals surface area contributed by atoms with Gasteiger partial charge in [-0.25, -0.2) is 4.79 Å². The van der Waals surface area contributed by atoms with E-state index in [1.54, 1.807) is 14.0 Å². The highest BCUT2D eigenvalue weighted by Crippen LogP contribution is 2.44. The SMILES string of the molecule is CO[C@@H]1CC(=O)[C@H](N(C)C(=O)OCC2c3ccccc3-c3ccccc32)[C@@H](C)O1. The Morgan fingerprint density at radius 1 is 1.10 bits per heavy atom. The van der Waals surface area contributed by atoms with Gasteiger partial charge in [0.2, 0.25) is 0 Å². The Labute approximate surface area is 170 Å². The average Bonchev–Trinajstić information content (AvgIpc) is 3.05. The number of Topliss-reactive ketones (excluding diaryl/α,β-unsaturated/α-hetero) is 1. The lowest BCUT2D eigenvalue weighted by Crippen LogP contribution is -2.55. The Hall–Kier alpha value is -2.70. The second-order valence-corrected chi connectivity index (χ2v) is 7.54. The van der Waals surface area contributed by atoms with Crippen LogP contribution in [0.25, 0.3) is 11.1 Å². The molecule has 0 radical (unpaired) electrons. The predicted octanol–water partition coefficient (Wildman–Crippen LogP) is 3.59. The number of fused-ring (bicyclic) bond motifs is 3. The molecule has 0 spiro atoms. The van der Waals surface area contributed by atoms with Crippen molar-refractivity contribution in [2.24, 2.45) is 0 Å². The normalized spacial score (nSPS) is 23.4. The fraction of sp³-hybridized carbons (Fsp3) is 0.391. The third kappa shape index (κ3) is 3.54. The number of amides is 1. The highest BCUT2D eigenvalue weighted by molar-refractivity contribution is 5.88. The predicted molar refractivity (Wildman–Crippen MR) is 108 cm³/mol. The van der Waals surface area contributed by atoms with Crippen molar-refractivity contribution in [3.05, 3.63) is 59.7 Å². The molecule has 6 heteroatoms. The molecule has 0 unspecified atom stereocenters. The molecule has 29 heavy (non-hydrogen) atoms. The van der Waals surface area contributed by atoms with Crippen molar-refractivity contribution in [1.82, 2.24) is 4.90 Å². The lowest BCUT2D eigenvalue weighted by molar-refractivity contribution is -0.193. The van der Waals surface area contributed by atoms with E-state index in [-0.39, 0.29) is 24.7 Å². The van der Waals surface area contributed by atoms with E-state index in [1.165, 1.54) is 23.1 Å². The van der Waals surface area contributed by atoms with Crippen LogP contribution < -0.4 is 0 Å². The maximum absolute atomic E-state index is 12.7. The van der Waals surface area contributed by atoms with E-state index in [2.05, 4.69) is 24.3 Å². The third-order valence-corrected chi connectivity index (χ3v) is 5.81. The van der Waals surface area contributed by atoms with Crippen molar-refractivity contribution < 1.29 is 23.8 Å².